The summed E-state index contributed by atoms with van der Waals surface area (Å²) in [6.45, 7) is 5.08. The Balaban J connectivity index is 2.24. The first kappa shape index (κ1) is 18.5. The van der Waals surface area contributed by atoms with Gasteiger partial charge in [-0.1, -0.05) is 23.9 Å². The lowest BCUT2D eigenvalue weighted by Gasteiger charge is -2.13. The van der Waals surface area contributed by atoms with Crippen LogP contribution in [-0.2, 0) is 16.1 Å². The number of primary amides is 1. The van der Waals surface area contributed by atoms with E-state index < -0.39 is 0 Å². The SMILES string of the molecule is CC(C)OCCCn1c(SCCC(N)=O)nc2ccccc2c1=O. The van der Waals surface area contributed by atoms with Crippen LogP contribution in [0.3, 0.4) is 0 Å². The van der Waals surface area contributed by atoms with E-state index in [-0.39, 0.29) is 24.0 Å². The first-order valence-corrected chi connectivity index (χ1v) is 9.00. The average molecular weight is 349 g/mol. The van der Waals surface area contributed by atoms with Gasteiger partial charge in [0, 0.05) is 25.3 Å². The van der Waals surface area contributed by atoms with Gasteiger partial charge in [0.1, 0.15) is 0 Å². The molecule has 2 rings (SSSR count). The number of nitrogens with two attached hydrogens (primary N) is 1. The molecule has 2 aromatic rings. The molecule has 0 saturated carbocycles. The third kappa shape index (κ3) is 5.07. The van der Waals surface area contributed by atoms with E-state index in [1.807, 2.05) is 32.0 Å². The highest BCUT2D eigenvalue weighted by molar-refractivity contribution is 7.99. The summed E-state index contributed by atoms with van der Waals surface area (Å²) < 4.78 is 7.20. The van der Waals surface area contributed by atoms with Gasteiger partial charge in [0.25, 0.3) is 5.56 Å². The predicted octanol–water partition coefficient (Wildman–Crippen LogP) is 2.18. The van der Waals surface area contributed by atoms with Crippen molar-refractivity contribution in [1.82, 2.24) is 9.55 Å². The number of nitrogens with zero attached hydrogens (tertiary/aromatic N) is 2. The second-order valence-corrected chi connectivity index (χ2v) is 6.77. The molecule has 0 radical (unpaired) electrons. The monoisotopic (exact) mass is 349 g/mol. The zero-order valence-corrected chi connectivity index (χ0v) is 14.8. The molecule has 0 atom stereocenters. The minimum absolute atomic E-state index is 0.0632. The molecule has 7 heteroatoms. The molecular weight excluding hydrogens is 326 g/mol. The number of carbonyl (C=O) groups excluding carboxylic acids is 1. The van der Waals surface area contributed by atoms with Crippen LogP contribution >= 0.6 is 11.8 Å². The number of rotatable bonds is 9. The van der Waals surface area contributed by atoms with Crippen molar-refractivity contribution in [3.63, 3.8) is 0 Å². The zero-order valence-electron chi connectivity index (χ0n) is 14.0. The summed E-state index contributed by atoms with van der Waals surface area (Å²) in [5, 5.41) is 1.21. The number of carbonyl (C=O) groups is 1. The van der Waals surface area contributed by atoms with Crippen molar-refractivity contribution < 1.29 is 9.53 Å². The fraction of sp³-hybridized carbons (Fsp3) is 0.471. The Morgan fingerprint density at radius 3 is 2.83 bits per heavy atom. The number of ether oxygens (including phenoxy) is 1. The number of hydrogen-bond donors (Lipinski definition) is 1. The van der Waals surface area contributed by atoms with E-state index in [1.165, 1.54) is 11.8 Å². The van der Waals surface area contributed by atoms with E-state index in [9.17, 15) is 9.59 Å². The molecule has 1 amide bonds. The van der Waals surface area contributed by atoms with Crippen LogP contribution in [0.4, 0.5) is 0 Å². The second kappa shape index (κ2) is 8.84. The van der Waals surface area contributed by atoms with E-state index in [4.69, 9.17) is 10.5 Å². The number of benzene rings is 1. The Bertz CT molecular complexity index is 758. The number of fused-ring (bicyclic) bond motifs is 1. The van der Waals surface area contributed by atoms with Gasteiger partial charge in [-0.3, -0.25) is 14.2 Å². The molecule has 0 saturated heterocycles. The molecule has 0 aliphatic rings. The largest absolute Gasteiger partial charge is 0.379 e. The molecule has 24 heavy (non-hydrogen) atoms. The van der Waals surface area contributed by atoms with Crippen LogP contribution in [0.5, 0.6) is 0 Å². The fourth-order valence-corrected chi connectivity index (χ4v) is 3.22. The third-order valence-corrected chi connectivity index (χ3v) is 4.36. The fourth-order valence-electron chi connectivity index (χ4n) is 2.24. The Morgan fingerprint density at radius 2 is 2.12 bits per heavy atom. The van der Waals surface area contributed by atoms with Crippen LogP contribution in [0.1, 0.15) is 26.7 Å². The van der Waals surface area contributed by atoms with E-state index >= 15 is 0 Å². The number of amides is 1. The molecule has 0 unspecified atom stereocenters. The summed E-state index contributed by atoms with van der Waals surface area (Å²) in [6, 6.07) is 7.29. The molecular formula is C17H23N3O3S. The highest BCUT2D eigenvalue weighted by Crippen LogP contribution is 2.18. The lowest BCUT2D eigenvalue weighted by Crippen LogP contribution is -2.24. The van der Waals surface area contributed by atoms with Crippen molar-refractivity contribution in [3.8, 4) is 0 Å². The van der Waals surface area contributed by atoms with Crippen molar-refractivity contribution in [3.05, 3.63) is 34.6 Å². The lowest BCUT2D eigenvalue weighted by atomic mass is 10.2. The topological polar surface area (TPSA) is 87.2 Å². The maximum absolute atomic E-state index is 12.8. The molecule has 0 fully saturated rings. The molecule has 1 aromatic carbocycles. The predicted molar refractivity (Wildman–Crippen MR) is 96.2 cm³/mol. The Hall–Kier alpha value is -1.86. The molecule has 0 aliphatic heterocycles. The minimum atomic E-state index is -0.359. The van der Waals surface area contributed by atoms with Crippen LogP contribution in [0.2, 0.25) is 0 Å². The second-order valence-electron chi connectivity index (χ2n) is 5.71. The van der Waals surface area contributed by atoms with Gasteiger partial charge in [-0.05, 0) is 32.4 Å². The summed E-state index contributed by atoms with van der Waals surface area (Å²) in [5.41, 5.74) is 5.79. The summed E-state index contributed by atoms with van der Waals surface area (Å²) in [7, 11) is 0. The van der Waals surface area contributed by atoms with E-state index in [0.29, 0.717) is 35.0 Å². The average Bonchev–Trinajstić information content (AvgIpc) is 2.53. The summed E-state index contributed by atoms with van der Waals surface area (Å²) >= 11 is 1.38. The first-order valence-electron chi connectivity index (χ1n) is 8.01. The van der Waals surface area contributed by atoms with Crippen molar-refractivity contribution in [2.75, 3.05) is 12.4 Å². The molecule has 130 valence electrons. The van der Waals surface area contributed by atoms with Gasteiger partial charge in [-0.15, -0.1) is 0 Å². The van der Waals surface area contributed by atoms with Crippen molar-refractivity contribution >= 4 is 28.6 Å². The Labute approximate surface area is 145 Å². The van der Waals surface area contributed by atoms with E-state index in [2.05, 4.69) is 4.98 Å². The minimum Gasteiger partial charge on any atom is -0.379 e. The van der Waals surface area contributed by atoms with Crippen molar-refractivity contribution in [2.45, 2.75) is 44.5 Å². The highest BCUT2D eigenvalue weighted by Gasteiger charge is 2.11. The van der Waals surface area contributed by atoms with Gasteiger partial charge < -0.3 is 10.5 Å². The number of thioether (sulfide) groups is 1. The van der Waals surface area contributed by atoms with E-state index in [0.717, 1.165) is 6.42 Å². The normalized spacial score (nSPS) is 11.3. The van der Waals surface area contributed by atoms with Crippen molar-refractivity contribution in [2.24, 2.45) is 5.73 Å². The highest BCUT2D eigenvalue weighted by atomic mass is 32.2. The molecule has 1 aromatic heterocycles. The Kier molecular flexibility index (Phi) is 6.81. The molecule has 0 bridgehead atoms. The van der Waals surface area contributed by atoms with Gasteiger partial charge in [-0.25, -0.2) is 4.98 Å². The lowest BCUT2D eigenvalue weighted by molar-refractivity contribution is -0.117. The first-order chi connectivity index (χ1) is 11.5. The molecule has 1 heterocycles. The van der Waals surface area contributed by atoms with Gasteiger partial charge in [-0.2, -0.15) is 0 Å². The quantitative estimate of drug-likeness (QED) is 0.426. The van der Waals surface area contributed by atoms with Gasteiger partial charge in [0.15, 0.2) is 5.16 Å². The van der Waals surface area contributed by atoms with Crippen LogP contribution in [0.25, 0.3) is 10.9 Å². The maximum atomic E-state index is 12.8. The van der Waals surface area contributed by atoms with Crippen LogP contribution in [-0.4, -0.2) is 33.9 Å². The van der Waals surface area contributed by atoms with Gasteiger partial charge in [0.05, 0.1) is 17.0 Å². The molecule has 6 nitrogen and oxygen atoms in total. The van der Waals surface area contributed by atoms with Crippen molar-refractivity contribution in [1.29, 1.82) is 0 Å². The smallest absolute Gasteiger partial charge is 0.262 e. The molecule has 0 aliphatic carbocycles. The zero-order chi connectivity index (χ0) is 17.5. The third-order valence-electron chi connectivity index (χ3n) is 3.38. The molecule has 2 N–H and O–H groups in total. The van der Waals surface area contributed by atoms with Crippen LogP contribution in [0.15, 0.2) is 34.2 Å². The van der Waals surface area contributed by atoms with Crippen LogP contribution in [0, 0.1) is 0 Å². The Morgan fingerprint density at radius 1 is 1.38 bits per heavy atom. The maximum Gasteiger partial charge on any atom is 0.262 e. The summed E-state index contributed by atoms with van der Waals surface area (Å²) in [6.07, 6.45) is 1.14. The summed E-state index contributed by atoms with van der Waals surface area (Å²) in [4.78, 5) is 28.3. The van der Waals surface area contributed by atoms with E-state index in [1.54, 1.807) is 10.6 Å². The number of para-hydroxylation sites is 1. The van der Waals surface area contributed by atoms with Gasteiger partial charge in [0.2, 0.25) is 5.91 Å². The number of hydrogen-bond acceptors (Lipinski definition) is 5. The standard InChI is InChI=1S/C17H23N3O3S/c1-12(2)23-10-5-9-20-16(22)13-6-3-4-7-14(13)19-17(20)24-11-8-15(18)21/h3-4,6-7,12H,5,8-11H2,1-2H3,(H2,18,21). The summed E-state index contributed by atoms with van der Waals surface area (Å²) in [5.74, 6) is 0.144. The molecule has 0 spiro atoms. The number of aromatic nitrogens is 2. The van der Waals surface area contributed by atoms with Crippen LogP contribution < -0.4 is 11.3 Å². The van der Waals surface area contributed by atoms with Gasteiger partial charge >= 0.3 is 0 Å².